The molecule has 0 aliphatic carbocycles. The molecule has 0 bridgehead atoms. The zero-order chi connectivity index (χ0) is 34.2. The maximum atomic E-state index is 12.0. The Kier molecular flexibility index (Phi) is 12.6. The van der Waals surface area contributed by atoms with E-state index >= 15 is 0 Å². The Morgan fingerprint density at radius 2 is 1.15 bits per heavy atom. The molecule has 2 heterocycles. The Balaban J connectivity index is 0.000000251. The van der Waals surface area contributed by atoms with Crippen molar-refractivity contribution in [3.05, 3.63) is 56.6 Å². The highest BCUT2D eigenvalue weighted by Crippen LogP contribution is 2.32. The van der Waals surface area contributed by atoms with Gasteiger partial charge in [0.05, 0.1) is 15.0 Å². The maximum Gasteiger partial charge on any atom is 0.410 e. The van der Waals surface area contributed by atoms with Crippen LogP contribution in [0.15, 0.2) is 36.4 Å². The van der Waals surface area contributed by atoms with Crippen LogP contribution in [0.1, 0.15) is 67.2 Å². The Morgan fingerprint density at radius 3 is 1.50 bits per heavy atom. The summed E-state index contributed by atoms with van der Waals surface area (Å²) in [6.45, 7) is 13.4. The first kappa shape index (κ1) is 36.8. The van der Waals surface area contributed by atoms with Crippen LogP contribution in [0.4, 0.5) is 21.0 Å². The lowest BCUT2D eigenvalue weighted by Crippen LogP contribution is -2.44. The Bertz CT molecular complexity index is 1360. The summed E-state index contributed by atoms with van der Waals surface area (Å²) in [5.41, 5.74) is 5.21. The number of nitro groups is 1. The van der Waals surface area contributed by atoms with Gasteiger partial charge in [-0.1, -0.05) is 23.2 Å². The summed E-state index contributed by atoms with van der Waals surface area (Å²) in [5.74, 6) is 1.05. The first-order chi connectivity index (χ1) is 21.4. The predicted octanol–water partition coefficient (Wildman–Crippen LogP) is 7.73. The lowest BCUT2D eigenvalue weighted by atomic mass is 10.1. The van der Waals surface area contributed by atoms with E-state index in [1.807, 2.05) is 41.5 Å². The Hall–Kier alpha value is -3.64. The van der Waals surface area contributed by atoms with E-state index in [1.165, 1.54) is 18.2 Å². The van der Waals surface area contributed by atoms with Crippen LogP contribution in [0.3, 0.4) is 0 Å². The number of hydrogen-bond acceptors (Lipinski definition) is 9. The largest absolute Gasteiger partial charge is 0.489 e. The number of carbonyl (C=O) groups is 2. The van der Waals surface area contributed by atoms with E-state index in [2.05, 4.69) is 0 Å². The SMILES string of the molecule is CC(C)(C)OC(=O)N1CCC(Oc2ccc(N)cc2Cl)CC1.CC(C)(C)OC(=O)N1CCC(Oc2ccc([N+](=O)[O-])cc2Cl)CC1. The Labute approximate surface area is 280 Å². The molecular formula is C32H44Cl2N4O8. The van der Waals surface area contributed by atoms with Crippen LogP contribution in [0, 0.1) is 10.1 Å². The standard InChI is InChI=1S/C16H21ClN2O5.C16H23ClN2O3/c1-16(2,3)24-15(20)18-8-6-12(7-9-18)23-14-5-4-11(19(21)22)10-13(14)17;1-16(2,3)22-15(20)19-8-6-12(7-9-19)21-14-5-4-11(18)10-13(14)17/h4-5,10,12H,6-9H2,1-3H3;4-5,10,12H,6-9,18H2,1-3H3. The zero-order valence-corrected chi connectivity index (χ0v) is 28.7. The molecule has 0 radical (unpaired) electrons. The normalized spacial score (nSPS) is 16.2. The molecule has 0 saturated carbocycles. The van der Waals surface area contributed by atoms with E-state index in [-0.39, 0.29) is 35.1 Å². The lowest BCUT2D eigenvalue weighted by Gasteiger charge is -2.33. The number of nitro benzene ring substituents is 1. The third-order valence-corrected chi connectivity index (χ3v) is 7.45. The van der Waals surface area contributed by atoms with Gasteiger partial charge in [-0.05, 0) is 65.8 Å². The fourth-order valence-electron chi connectivity index (χ4n) is 4.64. The third kappa shape index (κ3) is 11.9. The highest BCUT2D eigenvalue weighted by Gasteiger charge is 2.29. The van der Waals surface area contributed by atoms with Crippen LogP contribution in [0.5, 0.6) is 11.5 Å². The number of anilines is 1. The van der Waals surface area contributed by atoms with Gasteiger partial charge in [0.15, 0.2) is 0 Å². The van der Waals surface area contributed by atoms with E-state index < -0.39 is 16.1 Å². The predicted molar refractivity (Wildman–Crippen MR) is 177 cm³/mol. The average molecular weight is 684 g/mol. The van der Waals surface area contributed by atoms with Gasteiger partial charge in [0.1, 0.15) is 34.9 Å². The zero-order valence-electron chi connectivity index (χ0n) is 27.2. The van der Waals surface area contributed by atoms with E-state index in [4.69, 9.17) is 47.9 Å². The van der Waals surface area contributed by atoms with Crippen molar-refractivity contribution < 1.29 is 33.5 Å². The molecule has 0 unspecified atom stereocenters. The minimum absolute atomic E-state index is 0.0415. The van der Waals surface area contributed by atoms with Crippen LogP contribution < -0.4 is 15.2 Å². The molecular weight excluding hydrogens is 639 g/mol. The first-order valence-electron chi connectivity index (χ1n) is 15.2. The number of benzene rings is 2. The molecule has 2 saturated heterocycles. The summed E-state index contributed by atoms with van der Waals surface area (Å²) in [7, 11) is 0. The summed E-state index contributed by atoms with van der Waals surface area (Å²) in [5, 5.41) is 11.4. The van der Waals surface area contributed by atoms with Crippen molar-refractivity contribution in [3.8, 4) is 11.5 Å². The van der Waals surface area contributed by atoms with Gasteiger partial charge in [0.25, 0.3) is 5.69 Å². The van der Waals surface area contributed by atoms with Crippen LogP contribution >= 0.6 is 23.2 Å². The summed E-state index contributed by atoms with van der Waals surface area (Å²) < 4.78 is 22.4. The lowest BCUT2D eigenvalue weighted by molar-refractivity contribution is -0.384. The van der Waals surface area contributed by atoms with Crippen molar-refractivity contribution >= 4 is 46.8 Å². The van der Waals surface area contributed by atoms with Crippen LogP contribution in [-0.4, -0.2) is 76.5 Å². The number of rotatable bonds is 5. The molecule has 2 aliphatic heterocycles. The molecule has 2 aliphatic rings. The molecule has 254 valence electrons. The summed E-state index contributed by atoms with van der Waals surface area (Å²) in [6.07, 6.45) is 2.15. The van der Waals surface area contributed by atoms with Crippen molar-refractivity contribution in [1.82, 2.24) is 9.80 Å². The maximum absolute atomic E-state index is 12.0. The van der Waals surface area contributed by atoms with E-state index in [0.717, 1.165) is 12.8 Å². The van der Waals surface area contributed by atoms with E-state index in [9.17, 15) is 19.7 Å². The number of non-ortho nitro benzene ring substituents is 1. The number of carbonyl (C=O) groups excluding carboxylic acids is 2. The summed E-state index contributed by atoms with van der Waals surface area (Å²) >= 11 is 12.1. The van der Waals surface area contributed by atoms with E-state index in [1.54, 1.807) is 28.0 Å². The molecule has 0 spiro atoms. The number of hydrogen-bond donors (Lipinski definition) is 1. The van der Waals surface area contributed by atoms with Gasteiger partial charge in [-0.3, -0.25) is 10.1 Å². The third-order valence-electron chi connectivity index (χ3n) is 6.86. The number of nitrogen functional groups attached to an aromatic ring is 1. The first-order valence-corrected chi connectivity index (χ1v) is 15.9. The highest BCUT2D eigenvalue weighted by atomic mass is 35.5. The molecule has 2 aromatic carbocycles. The second-order valence-electron chi connectivity index (χ2n) is 13.1. The minimum atomic E-state index is -0.517. The van der Waals surface area contributed by atoms with Gasteiger partial charge in [-0.15, -0.1) is 0 Å². The van der Waals surface area contributed by atoms with Crippen LogP contribution in [0.2, 0.25) is 10.0 Å². The van der Waals surface area contributed by atoms with Gasteiger partial charge < -0.3 is 34.5 Å². The molecule has 0 atom stereocenters. The second-order valence-corrected chi connectivity index (χ2v) is 13.9. The molecule has 12 nitrogen and oxygen atoms in total. The van der Waals surface area contributed by atoms with Gasteiger partial charge in [-0.25, -0.2) is 9.59 Å². The molecule has 14 heteroatoms. The van der Waals surface area contributed by atoms with Crippen molar-refractivity contribution in [1.29, 1.82) is 0 Å². The minimum Gasteiger partial charge on any atom is -0.489 e. The highest BCUT2D eigenvalue weighted by molar-refractivity contribution is 6.32. The van der Waals surface area contributed by atoms with Crippen molar-refractivity contribution in [2.75, 3.05) is 31.9 Å². The number of likely N-dealkylation sites (tertiary alicyclic amines) is 2. The Morgan fingerprint density at radius 1 is 0.761 bits per heavy atom. The summed E-state index contributed by atoms with van der Waals surface area (Å²) in [6, 6.07) is 9.34. The van der Waals surface area contributed by atoms with Crippen molar-refractivity contribution in [2.24, 2.45) is 0 Å². The number of ether oxygens (including phenoxy) is 4. The van der Waals surface area contributed by atoms with Gasteiger partial charge >= 0.3 is 12.2 Å². The van der Waals surface area contributed by atoms with Crippen molar-refractivity contribution in [3.63, 3.8) is 0 Å². The number of halogens is 2. The summed E-state index contributed by atoms with van der Waals surface area (Å²) in [4.78, 5) is 37.6. The van der Waals surface area contributed by atoms with E-state index in [0.29, 0.717) is 61.2 Å². The number of amides is 2. The second kappa shape index (κ2) is 15.8. The van der Waals surface area contributed by atoms with Crippen molar-refractivity contribution in [2.45, 2.75) is 90.6 Å². The monoisotopic (exact) mass is 682 g/mol. The molecule has 2 aromatic rings. The topological polar surface area (TPSA) is 147 Å². The molecule has 2 fully saturated rings. The van der Waals surface area contributed by atoms with Gasteiger partial charge in [0, 0.05) is 69.7 Å². The molecule has 4 rings (SSSR count). The molecule has 46 heavy (non-hydrogen) atoms. The fourth-order valence-corrected chi connectivity index (χ4v) is 5.09. The number of piperidine rings is 2. The van der Waals surface area contributed by atoms with Crippen LogP contribution in [0.25, 0.3) is 0 Å². The average Bonchev–Trinajstić information content (AvgIpc) is 2.95. The number of nitrogens with two attached hydrogens (primary N) is 1. The fraction of sp³-hybridized carbons (Fsp3) is 0.562. The quantitative estimate of drug-likeness (QED) is 0.190. The van der Waals surface area contributed by atoms with Crippen LogP contribution in [-0.2, 0) is 9.47 Å². The molecule has 2 amide bonds. The number of nitrogens with zero attached hydrogens (tertiary/aromatic N) is 3. The van der Waals surface area contributed by atoms with Gasteiger partial charge in [0.2, 0.25) is 0 Å². The smallest absolute Gasteiger partial charge is 0.410 e. The molecule has 2 N–H and O–H groups in total. The molecule has 0 aromatic heterocycles. The van der Waals surface area contributed by atoms with Gasteiger partial charge in [-0.2, -0.15) is 0 Å².